The second-order valence-corrected chi connectivity index (χ2v) is 6.92. The molecule has 0 radical (unpaired) electrons. The number of hydrogen-bond donors (Lipinski definition) is 2. The Kier molecular flexibility index (Phi) is 7.59. The van der Waals surface area contributed by atoms with E-state index in [4.69, 9.17) is 4.74 Å². The van der Waals surface area contributed by atoms with Crippen LogP contribution >= 0.6 is 0 Å². The molecule has 0 bridgehead atoms. The van der Waals surface area contributed by atoms with Crippen LogP contribution in [0.4, 0.5) is 16.2 Å². The number of para-hydroxylation sites is 1. The number of rotatable bonds is 7. The summed E-state index contributed by atoms with van der Waals surface area (Å²) in [5.41, 5.74) is 2.00. The zero-order chi connectivity index (χ0) is 22.9. The van der Waals surface area contributed by atoms with Crippen molar-refractivity contribution in [2.45, 2.75) is 13.8 Å². The van der Waals surface area contributed by atoms with Gasteiger partial charge in [-0.2, -0.15) is 0 Å². The number of ether oxygens (including phenoxy) is 1. The van der Waals surface area contributed by atoms with Crippen LogP contribution in [0.1, 0.15) is 34.6 Å². The number of carbonyl (C=O) groups is 3. The Bertz CT molecular complexity index is 1080. The molecule has 7 heteroatoms. The molecule has 0 aliphatic rings. The highest BCUT2D eigenvalue weighted by Gasteiger charge is 2.13. The van der Waals surface area contributed by atoms with Crippen molar-refractivity contribution in [3.8, 4) is 5.75 Å². The molecule has 3 amide bonds. The van der Waals surface area contributed by atoms with Crippen LogP contribution in [0.25, 0.3) is 0 Å². The van der Waals surface area contributed by atoms with E-state index in [0.717, 1.165) is 0 Å². The zero-order valence-corrected chi connectivity index (χ0v) is 18.0. The minimum atomic E-state index is -0.433. The summed E-state index contributed by atoms with van der Waals surface area (Å²) in [5.74, 6) is -0.253. The van der Waals surface area contributed by atoms with Crippen LogP contribution in [0.15, 0.2) is 78.9 Å². The fourth-order valence-electron chi connectivity index (χ4n) is 2.99. The fourth-order valence-corrected chi connectivity index (χ4v) is 2.99. The monoisotopic (exact) mass is 431 g/mol. The molecular weight excluding hydrogens is 406 g/mol. The number of carbonyl (C=O) groups excluding carboxylic acids is 3. The van der Waals surface area contributed by atoms with Gasteiger partial charge in [-0.1, -0.05) is 24.3 Å². The summed E-state index contributed by atoms with van der Waals surface area (Å²) in [6, 6.07) is 22.1. The van der Waals surface area contributed by atoms with Crippen molar-refractivity contribution in [3.63, 3.8) is 0 Å². The van der Waals surface area contributed by atoms with Gasteiger partial charge in [0, 0.05) is 35.6 Å². The first kappa shape index (κ1) is 22.6. The van der Waals surface area contributed by atoms with Crippen LogP contribution in [0, 0.1) is 0 Å². The smallest absolute Gasteiger partial charge is 0.410 e. The maximum atomic E-state index is 12.6. The second kappa shape index (κ2) is 10.8. The van der Waals surface area contributed by atoms with Gasteiger partial charge in [-0.15, -0.1) is 0 Å². The summed E-state index contributed by atoms with van der Waals surface area (Å²) in [6.45, 7) is 4.85. The first-order valence-corrected chi connectivity index (χ1v) is 10.3. The Morgan fingerprint density at radius 1 is 0.719 bits per heavy atom. The van der Waals surface area contributed by atoms with Crippen LogP contribution in [-0.2, 0) is 0 Å². The van der Waals surface area contributed by atoms with Crippen LogP contribution < -0.4 is 15.4 Å². The maximum absolute atomic E-state index is 12.6. The van der Waals surface area contributed by atoms with E-state index in [2.05, 4.69) is 10.6 Å². The van der Waals surface area contributed by atoms with Crippen LogP contribution in [0.3, 0.4) is 0 Å². The Labute approximate surface area is 187 Å². The molecule has 0 saturated heterocycles. The third kappa shape index (κ3) is 5.95. The normalized spacial score (nSPS) is 10.2. The highest BCUT2D eigenvalue weighted by Crippen LogP contribution is 2.17. The van der Waals surface area contributed by atoms with Crippen molar-refractivity contribution in [2.24, 2.45) is 0 Å². The van der Waals surface area contributed by atoms with Crippen LogP contribution in [-0.4, -0.2) is 35.9 Å². The molecule has 0 aliphatic carbocycles. The number of benzene rings is 3. The largest absolute Gasteiger partial charge is 0.415 e. The van der Waals surface area contributed by atoms with Gasteiger partial charge in [0.15, 0.2) is 0 Å². The van der Waals surface area contributed by atoms with E-state index in [9.17, 15) is 14.4 Å². The molecule has 3 aromatic carbocycles. The van der Waals surface area contributed by atoms with Crippen molar-refractivity contribution in [1.29, 1.82) is 0 Å². The van der Waals surface area contributed by atoms with Gasteiger partial charge >= 0.3 is 6.09 Å². The van der Waals surface area contributed by atoms with Crippen molar-refractivity contribution < 1.29 is 19.1 Å². The predicted octanol–water partition coefficient (Wildman–Crippen LogP) is 5.03. The zero-order valence-electron chi connectivity index (χ0n) is 18.0. The molecule has 0 aromatic heterocycles. The fraction of sp³-hybridized carbons (Fsp3) is 0.160. The van der Waals surface area contributed by atoms with Crippen molar-refractivity contribution in [3.05, 3.63) is 90.0 Å². The molecule has 32 heavy (non-hydrogen) atoms. The van der Waals surface area contributed by atoms with E-state index >= 15 is 0 Å². The van der Waals surface area contributed by atoms with Crippen molar-refractivity contribution in [1.82, 2.24) is 4.90 Å². The molecule has 0 saturated carbocycles. The van der Waals surface area contributed by atoms with Crippen molar-refractivity contribution >= 4 is 29.3 Å². The van der Waals surface area contributed by atoms with E-state index in [1.165, 1.54) is 0 Å². The molecule has 164 valence electrons. The summed E-state index contributed by atoms with van der Waals surface area (Å²) in [6.07, 6.45) is -0.433. The average molecular weight is 431 g/mol. The lowest BCUT2D eigenvalue weighted by Crippen LogP contribution is -2.33. The summed E-state index contributed by atoms with van der Waals surface area (Å²) < 4.78 is 5.31. The molecule has 7 nitrogen and oxygen atoms in total. The minimum Gasteiger partial charge on any atom is -0.410 e. The molecule has 0 spiro atoms. The number of amides is 3. The third-order valence-corrected chi connectivity index (χ3v) is 4.76. The van der Waals surface area contributed by atoms with Gasteiger partial charge in [-0.3, -0.25) is 9.59 Å². The molecule has 3 aromatic rings. The van der Waals surface area contributed by atoms with Gasteiger partial charge < -0.3 is 20.3 Å². The summed E-state index contributed by atoms with van der Waals surface area (Å²) in [7, 11) is 0. The lowest BCUT2D eigenvalue weighted by Gasteiger charge is -2.17. The molecule has 0 atom stereocenters. The van der Waals surface area contributed by atoms with Gasteiger partial charge in [0.2, 0.25) is 0 Å². The summed E-state index contributed by atoms with van der Waals surface area (Å²) >= 11 is 0. The first-order chi connectivity index (χ1) is 15.5. The number of nitrogens with zero attached hydrogens (tertiary/aromatic N) is 1. The first-order valence-electron chi connectivity index (χ1n) is 10.3. The van der Waals surface area contributed by atoms with Crippen LogP contribution in [0.2, 0.25) is 0 Å². The molecule has 0 heterocycles. The van der Waals surface area contributed by atoms with E-state index in [-0.39, 0.29) is 11.8 Å². The summed E-state index contributed by atoms with van der Waals surface area (Å²) in [4.78, 5) is 38.6. The highest BCUT2D eigenvalue weighted by molar-refractivity contribution is 6.07. The SMILES string of the molecule is CCN(CC)C(=O)Oc1ccc(C(=O)Nc2cccc(C(=O)Nc3ccccc3)c2)cc1. The topological polar surface area (TPSA) is 87.7 Å². The maximum Gasteiger partial charge on any atom is 0.415 e. The Morgan fingerprint density at radius 3 is 1.97 bits per heavy atom. The molecular formula is C25H25N3O4. The summed E-state index contributed by atoms with van der Waals surface area (Å²) in [5, 5.41) is 5.59. The molecule has 3 rings (SSSR count). The van der Waals surface area contributed by atoms with E-state index < -0.39 is 6.09 Å². The highest BCUT2D eigenvalue weighted by atomic mass is 16.6. The van der Waals surface area contributed by atoms with Gasteiger partial charge in [0.05, 0.1) is 0 Å². The van der Waals surface area contributed by atoms with Crippen molar-refractivity contribution in [2.75, 3.05) is 23.7 Å². The minimum absolute atomic E-state index is 0.272. The average Bonchev–Trinajstić information content (AvgIpc) is 2.81. The molecule has 0 fully saturated rings. The number of nitrogens with one attached hydrogen (secondary N) is 2. The Hall–Kier alpha value is -4.13. The molecule has 0 unspecified atom stereocenters. The van der Waals surface area contributed by atoms with Gasteiger partial charge in [-0.05, 0) is 68.4 Å². The lowest BCUT2D eigenvalue weighted by atomic mass is 10.1. The molecule has 2 N–H and O–H groups in total. The van der Waals surface area contributed by atoms with Gasteiger partial charge in [0.25, 0.3) is 11.8 Å². The van der Waals surface area contributed by atoms with E-state index in [1.54, 1.807) is 65.6 Å². The Morgan fingerprint density at radius 2 is 1.31 bits per heavy atom. The lowest BCUT2D eigenvalue weighted by molar-refractivity contribution is 0.101. The third-order valence-electron chi connectivity index (χ3n) is 4.76. The molecule has 0 aliphatic heterocycles. The van der Waals surface area contributed by atoms with E-state index in [0.29, 0.717) is 41.3 Å². The predicted molar refractivity (Wildman–Crippen MR) is 124 cm³/mol. The van der Waals surface area contributed by atoms with Crippen LogP contribution in [0.5, 0.6) is 5.75 Å². The second-order valence-electron chi connectivity index (χ2n) is 6.92. The standard InChI is InChI=1S/C25H25N3O4/c1-3-28(4-2)25(31)32-22-15-13-18(14-16-22)23(29)27-21-12-8-9-19(17-21)24(30)26-20-10-6-5-7-11-20/h5-17H,3-4H2,1-2H3,(H,26,30)(H,27,29). The van der Waals surface area contributed by atoms with Gasteiger partial charge in [0.1, 0.15) is 5.75 Å². The number of hydrogen-bond acceptors (Lipinski definition) is 4. The van der Waals surface area contributed by atoms with E-state index in [1.807, 2.05) is 32.0 Å². The van der Waals surface area contributed by atoms with Gasteiger partial charge in [-0.25, -0.2) is 4.79 Å². The quantitative estimate of drug-likeness (QED) is 0.549. The Balaban J connectivity index is 1.62. The number of anilines is 2.